The highest BCUT2D eigenvalue weighted by molar-refractivity contribution is 9.09. The molecule has 0 aliphatic carbocycles. The minimum absolute atomic E-state index is 0.164. The number of thiol groups is 1. The average Bonchev–Trinajstić information content (AvgIpc) is 2.10. The fourth-order valence-electron chi connectivity index (χ4n) is 2.40. The van der Waals surface area contributed by atoms with Crippen LogP contribution in [0.5, 0.6) is 0 Å². The summed E-state index contributed by atoms with van der Waals surface area (Å²) in [5.41, 5.74) is 0. The molecule has 1 heterocycles. The number of rotatable bonds is 1. The van der Waals surface area contributed by atoms with Crippen LogP contribution in [0.2, 0.25) is 0 Å². The minimum Gasteiger partial charge on any atom is -0.336 e. The van der Waals surface area contributed by atoms with Crippen molar-refractivity contribution < 1.29 is 4.79 Å². The molecule has 2 nitrogen and oxygen atoms in total. The summed E-state index contributed by atoms with van der Waals surface area (Å²) in [6.07, 6.45) is 1.04. The minimum atomic E-state index is 0.164. The highest BCUT2D eigenvalue weighted by Gasteiger charge is 2.37. The Labute approximate surface area is 100.0 Å². The molecule has 0 radical (unpaired) electrons. The largest absolute Gasteiger partial charge is 0.336 e. The van der Waals surface area contributed by atoms with Crippen LogP contribution in [0.3, 0.4) is 0 Å². The zero-order valence-electron chi connectivity index (χ0n) is 8.90. The van der Waals surface area contributed by atoms with E-state index < -0.39 is 0 Å². The number of carbonyl (C=O) groups is 1. The van der Waals surface area contributed by atoms with Crippen molar-refractivity contribution in [1.82, 2.24) is 4.90 Å². The van der Waals surface area contributed by atoms with Gasteiger partial charge in [-0.3, -0.25) is 4.79 Å². The monoisotopic (exact) mass is 279 g/mol. The second-order valence-electron chi connectivity index (χ2n) is 4.16. The summed E-state index contributed by atoms with van der Waals surface area (Å²) in [7, 11) is 0. The molecule has 0 aromatic rings. The molecule has 82 valence electrons. The number of hydrogen-bond acceptors (Lipinski definition) is 2. The van der Waals surface area contributed by atoms with Crippen LogP contribution in [0.4, 0.5) is 0 Å². The molecule has 1 rings (SSSR count). The van der Waals surface area contributed by atoms with Gasteiger partial charge in [-0.25, -0.2) is 0 Å². The van der Waals surface area contributed by atoms with Gasteiger partial charge in [0.2, 0.25) is 5.91 Å². The number of alkyl halides is 1. The molecule has 4 unspecified atom stereocenters. The normalized spacial score (nSPS) is 38.5. The molecule has 0 bridgehead atoms. The predicted molar refractivity (Wildman–Crippen MR) is 66.1 cm³/mol. The fourth-order valence-corrected chi connectivity index (χ4v) is 3.73. The molecular formula is C10H18BrNOS. The number of likely N-dealkylation sites (tertiary alicyclic amines) is 1. The molecule has 0 aromatic carbocycles. The van der Waals surface area contributed by atoms with E-state index in [1.165, 1.54) is 0 Å². The van der Waals surface area contributed by atoms with Gasteiger partial charge in [0.05, 0.1) is 0 Å². The Kier molecular flexibility index (Phi) is 4.31. The van der Waals surface area contributed by atoms with Crippen molar-refractivity contribution in [2.75, 3.05) is 5.33 Å². The first kappa shape index (κ1) is 12.4. The zero-order valence-corrected chi connectivity index (χ0v) is 11.4. The quantitative estimate of drug-likeness (QED) is 0.577. The number of amides is 1. The van der Waals surface area contributed by atoms with Crippen molar-refractivity contribution in [3.05, 3.63) is 0 Å². The lowest BCUT2D eigenvalue weighted by molar-refractivity contribution is -0.135. The first-order valence-corrected chi connectivity index (χ1v) is 6.65. The first-order chi connectivity index (χ1) is 6.49. The van der Waals surface area contributed by atoms with Crippen molar-refractivity contribution in [2.24, 2.45) is 5.92 Å². The third kappa shape index (κ3) is 2.27. The SMILES string of the molecule is CC(=O)N1C(C)CC(CBr)C(S)C1C. The van der Waals surface area contributed by atoms with Gasteiger partial charge >= 0.3 is 0 Å². The van der Waals surface area contributed by atoms with Crippen molar-refractivity contribution in [3.63, 3.8) is 0 Å². The van der Waals surface area contributed by atoms with E-state index in [0.29, 0.717) is 12.0 Å². The van der Waals surface area contributed by atoms with Crippen LogP contribution in [0, 0.1) is 5.92 Å². The first-order valence-electron chi connectivity index (χ1n) is 5.02. The molecule has 1 aliphatic heterocycles. The van der Waals surface area contributed by atoms with E-state index in [2.05, 4.69) is 42.4 Å². The molecule has 1 amide bonds. The summed E-state index contributed by atoms with van der Waals surface area (Å²) in [5, 5.41) is 1.26. The van der Waals surface area contributed by atoms with Gasteiger partial charge in [0, 0.05) is 29.6 Å². The maximum Gasteiger partial charge on any atom is 0.219 e. The van der Waals surface area contributed by atoms with Crippen LogP contribution in [0.25, 0.3) is 0 Å². The highest BCUT2D eigenvalue weighted by Crippen LogP contribution is 2.32. The van der Waals surface area contributed by atoms with E-state index in [4.69, 9.17) is 0 Å². The van der Waals surface area contributed by atoms with Crippen molar-refractivity contribution in [1.29, 1.82) is 0 Å². The third-order valence-corrected chi connectivity index (χ3v) is 4.78. The predicted octanol–water partition coefficient (Wildman–Crippen LogP) is 2.33. The van der Waals surface area contributed by atoms with E-state index in [0.717, 1.165) is 11.8 Å². The molecule has 0 N–H and O–H groups in total. The topological polar surface area (TPSA) is 20.3 Å². The molecule has 1 saturated heterocycles. The smallest absolute Gasteiger partial charge is 0.219 e. The van der Waals surface area contributed by atoms with Crippen molar-refractivity contribution >= 4 is 34.5 Å². The summed E-state index contributed by atoms with van der Waals surface area (Å²) in [4.78, 5) is 13.4. The second kappa shape index (κ2) is 4.88. The molecule has 4 atom stereocenters. The van der Waals surface area contributed by atoms with Gasteiger partial charge in [-0.05, 0) is 26.2 Å². The standard InChI is InChI=1S/C10H18BrNOS/c1-6-4-9(5-11)10(14)7(2)12(6)8(3)13/h6-7,9-10,14H,4-5H2,1-3H3. The van der Waals surface area contributed by atoms with Crippen molar-refractivity contribution in [3.8, 4) is 0 Å². The second-order valence-corrected chi connectivity index (χ2v) is 5.40. The van der Waals surface area contributed by atoms with Crippen LogP contribution >= 0.6 is 28.6 Å². The molecule has 0 aromatic heterocycles. The maximum atomic E-state index is 11.4. The highest BCUT2D eigenvalue weighted by atomic mass is 79.9. The summed E-state index contributed by atoms with van der Waals surface area (Å²) in [5.74, 6) is 0.732. The van der Waals surface area contributed by atoms with Crippen LogP contribution in [0.15, 0.2) is 0 Å². The summed E-state index contributed by atoms with van der Waals surface area (Å²) in [6, 6.07) is 0.579. The maximum absolute atomic E-state index is 11.4. The van der Waals surface area contributed by atoms with E-state index in [9.17, 15) is 4.79 Å². The third-order valence-electron chi connectivity index (χ3n) is 3.10. The van der Waals surface area contributed by atoms with E-state index in [1.54, 1.807) is 6.92 Å². The van der Waals surface area contributed by atoms with E-state index in [-0.39, 0.29) is 17.2 Å². The number of nitrogens with zero attached hydrogens (tertiary/aromatic N) is 1. The number of piperidine rings is 1. The lowest BCUT2D eigenvalue weighted by atomic mass is 9.88. The fraction of sp³-hybridized carbons (Fsp3) is 0.900. The molecule has 0 saturated carbocycles. The average molecular weight is 280 g/mol. The Morgan fingerprint density at radius 2 is 2.14 bits per heavy atom. The summed E-state index contributed by atoms with van der Waals surface area (Å²) in [6.45, 7) is 5.85. The van der Waals surface area contributed by atoms with Gasteiger partial charge in [-0.1, -0.05) is 15.9 Å². The van der Waals surface area contributed by atoms with Crippen molar-refractivity contribution in [2.45, 2.75) is 44.5 Å². The van der Waals surface area contributed by atoms with Gasteiger partial charge in [0.25, 0.3) is 0 Å². The van der Waals surface area contributed by atoms with Crippen LogP contribution in [0.1, 0.15) is 27.2 Å². The van der Waals surface area contributed by atoms with Crippen LogP contribution in [-0.4, -0.2) is 33.5 Å². The van der Waals surface area contributed by atoms with Crippen LogP contribution in [-0.2, 0) is 4.79 Å². The van der Waals surface area contributed by atoms with Gasteiger partial charge < -0.3 is 4.90 Å². The molecule has 1 aliphatic rings. The molecular weight excluding hydrogens is 262 g/mol. The molecule has 1 fully saturated rings. The summed E-state index contributed by atoms with van der Waals surface area (Å²) >= 11 is 8.11. The number of carbonyl (C=O) groups excluding carboxylic acids is 1. The Morgan fingerprint density at radius 1 is 1.57 bits per heavy atom. The summed E-state index contributed by atoms with van der Waals surface area (Å²) < 4.78 is 0. The lowest BCUT2D eigenvalue weighted by Crippen LogP contribution is -2.55. The lowest BCUT2D eigenvalue weighted by Gasteiger charge is -2.45. The van der Waals surface area contributed by atoms with E-state index >= 15 is 0 Å². The van der Waals surface area contributed by atoms with Crippen LogP contribution < -0.4 is 0 Å². The zero-order chi connectivity index (χ0) is 10.9. The Balaban J connectivity index is 2.79. The van der Waals surface area contributed by atoms with Gasteiger partial charge in [-0.2, -0.15) is 12.6 Å². The Morgan fingerprint density at radius 3 is 2.57 bits per heavy atom. The number of halogens is 1. The molecule has 4 heteroatoms. The van der Waals surface area contributed by atoms with Gasteiger partial charge in [0.15, 0.2) is 0 Å². The Hall–Kier alpha value is 0.300. The Bertz CT molecular complexity index is 224. The number of hydrogen-bond donors (Lipinski definition) is 1. The molecule has 0 spiro atoms. The molecule has 14 heavy (non-hydrogen) atoms. The van der Waals surface area contributed by atoms with E-state index in [1.807, 2.05) is 4.90 Å². The van der Waals surface area contributed by atoms with Gasteiger partial charge in [0.1, 0.15) is 0 Å². The van der Waals surface area contributed by atoms with Gasteiger partial charge in [-0.15, -0.1) is 0 Å².